The van der Waals surface area contributed by atoms with Crippen LogP contribution in [0, 0.1) is 0 Å². The molecule has 1 aliphatic rings. The van der Waals surface area contributed by atoms with Crippen molar-refractivity contribution < 1.29 is 14.3 Å². The maximum atomic E-state index is 11.9. The van der Waals surface area contributed by atoms with E-state index in [0.29, 0.717) is 23.7 Å². The lowest BCUT2D eigenvalue weighted by Gasteiger charge is -2.18. The maximum Gasteiger partial charge on any atom is 0.319 e. The first kappa shape index (κ1) is 15.3. The first-order chi connectivity index (χ1) is 11.1. The quantitative estimate of drug-likeness (QED) is 0.801. The molecule has 7 nitrogen and oxygen atoms in total. The molecule has 120 valence electrons. The van der Waals surface area contributed by atoms with Crippen LogP contribution < -0.4 is 20.7 Å². The van der Waals surface area contributed by atoms with Gasteiger partial charge >= 0.3 is 6.03 Å². The summed E-state index contributed by atoms with van der Waals surface area (Å²) in [5, 5.41) is 11.2. The van der Waals surface area contributed by atoms with Crippen LogP contribution in [0.4, 0.5) is 16.2 Å². The van der Waals surface area contributed by atoms with E-state index in [0.717, 1.165) is 17.1 Å². The predicted octanol–water partition coefficient (Wildman–Crippen LogP) is 2.36. The Morgan fingerprint density at radius 1 is 1.48 bits per heavy atom. The second-order valence-electron chi connectivity index (χ2n) is 4.94. The molecule has 3 N–H and O–H groups in total. The first-order valence-corrected chi connectivity index (χ1v) is 8.07. The molecular formula is C15H16N4O3S. The van der Waals surface area contributed by atoms with Gasteiger partial charge in [0.1, 0.15) is 5.75 Å². The van der Waals surface area contributed by atoms with Crippen molar-refractivity contribution >= 4 is 34.6 Å². The molecule has 1 aromatic heterocycles. The fourth-order valence-electron chi connectivity index (χ4n) is 2.09. The van der Waals surface area contributed by atoms with E-state index >= 15 is 0 Å². The van der Waals surface area contributed by atoms with E-state index in [-0.39, 0.29) is 18.5 Å². The number of hydrogen-bond donors (Lipinski definition) is 3. The fraction of sp³-hybridized carbons (Fsp3) is 0.267. The molecule has 2 aromatic rings. The number of anilines is 2. The van der Waals surface area contributed by atoms with Gasteiger partial charge in [0, 0.05) is 17.1 Å². The average molecular weight is 332 g/mol. The van der Waals surface area contributed by atoms with Gasteiger partial charge in [-0.1, -0.05) is 6.92 Å². The summed E-state index contributed by atoms with van der Waals surface area (Å²) >= 11 is 1.59. The summed E-state index contributed by atoms with van der Waals surface area (Å²) in [4.78, 5) is 27.5. The monoisotopic (exact) mass is 332 g/mol. The smallest absolute Gasteiger partial charge is 0.319 e. The lowest BCUT2D eigenvalue weighted by molar-refractivity contribution is -0.118. The number of urea groups is 1. The van der Waals surface area contributed by atoms with Crippen molar-refractivity contribution in [1.82, 2.24) is 10.3 Å². The van der Waals surface area contributed by atoms with Gasteiger partial charge in [-0.05, 0) is 18.6 Å². The normalized spacial score (nSPS) is 12.8. The molecule has 0 radical (unpaired) electrons. The van der Waals surface area contributed by atoms with Gasteiger partial charge in [-0.25, -0.2) is 9.78 Å². The summed E-state index contributed by atoms with van der Waals surface area (Å²) < 4.78 is 5.31. The summed E-state index contributed by atoms with van der Waals surface area (Å²) in [6.07, 6.45) is 0.891. The Kier molecular flexibility index (Phi) is 4.42. The van der Waals surface area contributed by atoms with Crippen molar-refractivity contribution in [3.63, 3.8) is 0 Å². The molecular weight excluding hydrogens is 316 g/mol. The number of aromatic nitrogens is 1. The van der Waals surface area contributed by atoms with E-state index in [4.69, 9.17) is 4.74 Å². The number of benzene rings is 1. The lowest BCUT2D eigenvalue weighted by Crippen LogP contribution is -2.29. The predicted molar refractivity (Wildman–Crippen MR) is 87.9 cm³/mol. The highest BCUT2D eigenvalue weighted by molar-refractivity contribution is 7.09. The number of hydrogen-bond acceptors (Lipinski definition) is 5. The number of ether oxygens (including phenoxy) is 1. The van der Waals surface area contributed by atoms with Crippen molar-refractivity contribution in [1.29, 1.82) is 0 Å². The number of fused-ring (bicyclic) bond motifs is 1. The zero-order chi connectivity index (χ0) is 16.2. The third kappa shape index (κ3) is 3.78. The van der Waals surface area contributed by atoms with Gasteiger partial charge in [-0.15, -0.1) is 11.3 Å². The Morgan fingerprint density at radius 2 is 2.35 bits per heavy atom. The second-order valence-corrected chi connectivity index (χ2v) is 5.88. The topological polar surface area (TPSA) is 92.3 Å². The van der Waals surface area contributed by atoms with E-state index in [1.54, 1.807) is 29.5 Å². The van der Waals surface area contributed by atoms with Crippen LogP contribution in [0.5, 0.6) is 5.75 Å². The minimum absolute atomic E-state index is 0.0216. The van der Waals surface area contributed by atoms with Crippen LogP contribution in [-0.2, 0) is 17.8 Å². The van der Waals surface area contributed by atoms with Crippen molar-refractivity contribution in [2.75, 3.05) is 17.2 Å². The Bertz CT molecular complexity index is 744. The minimum atomic E-state index is -0.323. The third-order valence-electron chi connectivity index (χ3n) is 3.20. The van der Waals surface area contributed by atoms with Gasteiger partial charge in [-0.2, -0.15) is 0 Å². The Balaban J connectivity index is 1.56. The molecule has 8 heteroatoms. The summed E-state index contributed by atoms with van der Waals surface area (Å²) in [6, 6.07) is 4.74. The highest BCUT2D eigenvalue weighted by Gasteiger charge is 2.16. The molecule has 0 aliphatic carbocycles. The fourth-order valence-corrected chi connectivity index (χ4v) is 2.84. The number of thiazole rings is 1. The standard InChI is InChI=1S/C15H16N4O3S/c1-2-14-17-10(8-23-14)6-16-15(21)18-9-3-4-11-12(5-9)22-7-13(20)19-11/h3-5,8H,2,6-7H2,1H3,(H,19,20)(H2,16,18,21). The molecule has 0 bridgehead atoms. The number of amides is 3. The number of nitrogens with zero attached hydrogens (tertiary/aromatic N) is 1. The highest BCUT2D eigenvalue weighted by Crippen LogP contribution is 2.30. The van der Waals surface area contributed by atoms with Gasteiger partial charge in [0.2, 0.25) is 0 Å². The molecule has 3 rings (SSSR count). The van der Waals surface area contributed by atoms with E-state index in [1.165, 1.54) is 0 Å². The molecule has 23 heavy (non-hydrogen) atoms. The van der Waals surface area contributed by atoms with Crippen LogP contribution in [0.15, 0.2) is 23.6 Å². The Morgan fingerprint density at radius 3 is 3.13 bits per heavy atom. The van der Waals surface area contributed by atoms with Gasteiger partial charge < -0.3 is 20.7 Å². The molecule has 1 aliphatic heterocycles. The highest BCUT2D eigenvalue weighted by atomic mass is 32.1. The molecule has 0 spiro atoms. The van der Waals surface area contributed by atoms with Crippen molar-refractivity contribution in [3.8, 4) is 5.75 Å². The van der Waals surface area contributed by atoms with E-state index in [2.05, 4.69) is 20.9 Å². The van der Waals surface area contributed by atoms with E-state index in [9.17, 15) is 9.59 Å². The van der Waals surface area contributed by atoms with Crippen LogP contribution in [0.2, 0.25) is 0 Å². The number of nitrogens with one attached hydrogen (secondary N) is 3. The molecule has 0 saturated heterocycles. The average Bonchev–Trinajstić information content (AvgIpc) is 3.01. The van der Waals surface area contributed by atoms with Crippen molar-refractivity contribution in [2.45, 2.75) is 19.9 Å². The number of carbonyl (C=O) groups is 2. The zero-order valence-corrected chi connectivity index (χ0v) is 13.3. The van der Waals surface area contributed by atoms with Crippen LogP contribution in [-0.4, -0.2) is 23.5 Å². The zero-order valence-electron chi connectivity index (χ0n) is 12.5. The first-order valence-electron chi connectivity index (χ1n) is 7.19. The molecule has 1 aromatic carbocycles. The Labute approximate surface area is 137 Å². The summed E-state index contributed by atoms with van der Waals surface area (Å²) in [7, 11) is 0. The van der Waals surface area contributed by atoms with Crippen LogP contribution in [0.25, 0.3) is 0 Å². The third-order valence-corrected chi connectivity index (χ3v) is 4.25. The van der Waals surface area contributed by atoms with Gasteiger partial charge in [0.25, 0.3) is 5.91 Å². The van der Waals surface area contributed by atoms with E-state index < -0.39 is 0 Å². The SMILES string of the molecule is CCc1nc(CNC(=O)Nc2ccc3c(c2)OCC(=O)N3)cs1. The summed E-state index contributed by atoms with van der Waals surface area (Å²) in [6.45, 7) is 2.40. The van der Waals surface area contributed by atoms with Crippen LogP contribution >= 0.6 is 11.3 Å². The van der Waals surface area contributed by atoms with Crippen LogP contribution in [0.3, 0.4) is 0 Å². The number of aryl methyl sites for hydroxylation is 1. The largest absolute Gasteiger partial charge is 0.482 e. The van der Waals surface area contributed by atoms with Crippen LogP contribution in [0.1, 0.15) is 17.6 Å². The van der Waals surface area contributed by atoms with Gasteiger partial charge in [0.05, 0.1) is 22.9 Å². The molecule has 3 amide bonds. The summed E-state index contributed by atoms with van der Waals surface area (Å²) in [5.41, 5.74) is 2.03. The van der Waals surface area contributed by atoms with Gasteiger partial charge in [0.15, 0.2) is 6.61 Å². The van der Waals surface area contributed by atoms with E-state index in [1.807, 2.05) is 12.3 Å². The molecule has 0 saturated carbocycles. The summed E-state index contributed by atoms with van der Waals surface area (Å²) in [5.74, 6) is 0.347. The molecule has 2 heterocycles. The maximum absolute atomic E-state index is 11.9. The number of rotatable bonds is 4. The van der Waals surface area contributed by atoms with Crippen molar-refractivity contribution in [3.05, 3.63) is 34.3 Å². The molecule has 0 fully saturated rings. The number of carbonyl (C=O) groups excluding carboxylic acids is 2. The Hall–Kier alpha value is -2.61. The molecule has 0 atom stereocenters. The van der Waals surface area contributed by atoms with Gasteiger partial charge in [-0.3, -0.25) is 4.79 Å². The molecule has 0 unspecified atom stereocenters. The minimum Gasteiger partial charge on any atom is -0.482 e. The van der Waals surface area contributed by atoms with Crippen molar-refractivity contribution in [2.24, 2.45) is 0 Å². The second kappa shape index (κ2) is 6.66. The lowest BCUT2D eigenvalue weighted by atomic mass is 10.2.